The van der Waals surface area contributed by atoms with E-state index in [2.05, 4.69) is 26.6 Å². The SMILES string of the molecule is O=C(NCCC1CNC2CCCCC12)C1CCC(Br)CC1O. The predicted molar refractivity (Wildman–Crippen MR) is 90.9 cm³/mol. The van der Waals surface area contributed by atoms with Gasteiger partial charge >= 0.3 is 0 Å². The summed E-state index contributed by atoms with van der Waals surface area (Å²) in [6.45, 7) is 1.87. The summed E-state index contributed by atoms with van der Waals surface area (Å²) in [4.78, 5) is 12.6. The number of carbonyl (C=O) groups is 1. The minimum atomic E-state index is -0.492. The number of alkyl halides is 1. The third kappa shape index (κ3) is 3.85. The minimum absolute atomic E-state index is 0.0538. The van der Waals surface area contributed by atoms with Gasteiger partial charge in [-0.05, 0) is 56.9 Å². The molecule has 0 aromatic heterocycles. The normalized spacial score (nSPS) is 41.9. The number of carbonyl (C=O) groups excluding carboxylic acids is 1. The average molecular weight is 373 g/mol. The fourth-order valence-corrected chi connectivity index (χ4v) is 5.31. The zero-order chi connectivity index (χ0) is 15.5. The molecular weight excluding hydrogens is 344 g/mol. The Morgan fingerprint density at radius 1 is 1.23 bits per heavy atom. The molecule has 0 radical (unpaired) electrons. The molecule has 4 nitrogen and oxygen atoms in total. The van der Waals surface area contributed by atoms with Crippen molar-refractivity contribution in [3.63, 3.8) is 0 Å². The van der Waals surface area contributed by atoms with Gasteiger partial charge in [-0.15, -0.1) is 0 Å². The third-order valence-electron chi connectivity index (χ3n) is 5.97. The third-order valence-corrected chi connectivity index (χ3v) is 6.80. The van der Waals surface area contributed by atoms with Crippen LogP contribution < -0.4 is 10.6 Å². The Balaban J connectivity index is 1.40. The Hall–Kier alpha value is -0.130. The lowest BCUT2D eigenvalue weighted by atomic mass is 9.79. The standard InChI is InChI=1S/C17H29BrN2O2/c18-12-5-6-14(16(21)9-12)17(22)19-8-7-11-10-20-15-4-2-1-3-13(11)15/h11-16,20-21H,1-10H2,(H,19,22). The highest BCUT2D eigenvalue weighted by Crippen LogP contribution is 2.36. The van der Waals surface area contributed by atoms with E-state index in [0.29, 0.717) is 17.2 Å². The molecule has 0 bridgehead atoms. The molecule has 126 valence electrons. The van der Waals surface area contributed by atoms with E-state index in [0.717, 1.165) is 44.3 Å². The van der Waals surface area contributed by atoms with Crippen LogP contribution in [-0.4, -0.2) is 41.1 Å². The highest BCUT2D eigenvalue weighted by Gasteiger charge is 2.37. The van der Waals surface area contributed by atoms with E-state index in [9.17, 15) is 9.90 Å². The molecule has 1 amide bonds. The molecule has 3 N–H and O–H groups in total. The molecule has 3 fully saturated rings. The summed E-state index contributed by atoms with van der Waals surface area (Å²) < 4.78 is 0. The van der Waals surface area contributed by atoms with Crippen LogP contribution in [0.5, 0.6) is 0 Å². The molecule has 6 unspecified atom stereocenters. The van der Waals surface area contributed by atoms with Crippen molar-refractivity contribution in [1.29, 1.82) is 0 Å². The minimum Gasteiger partial charge on any atom is -0.392 e. The number of rotatable bonds is 4. The number of aliphatic hydroxyl groups is 1. The zero-order valence-electron chi connectivity index (χ0n) is 13.3. The molecule has 2 saturated carbocycles. The fraction of sp³-hybridized carbons (Fsp3) is 0.941. The van der Waals surface area contributed by atoms with Gasteiger partial charge in [-0.1, -0.05) is 28.8 Å². The van der Waals surface area contributed by atoms with Crippen LogP contribution >= 0.6 is 15.9 Å². The summed E-state index contributed by atoms with van der Waals surface area (Å²) in [5.74, 6) is 1.38. The van der Waals surface area contributed by atoms with Crippen LogP contribution in [0.3, 0.4) is 0 Å². The van der Waals surface area contributed by atoms with Gasteiger partial charge in [-0.3, -0.25) is 4.79 Å². The summed E-state index contributed by atoms with van der Waals surface area (Å²) in [5.41, 5.74) is 0. The number of hydrogen-bond acceptors (Lipinski definition) is 3. The molecule has 0 aromatic carbocycles. The predicted octanol–water partition coefficient (Wildman–Crippen LogP) is 2.20. The lowest BCUT2D eigenvalue weighted by molar-refractivity contribution is -0.129. The van der Waals surface area contributed by atoms with Gasteiger partial charge in [-0.25, -0.2) is 0 Å². The van der Waals surface area contributed by atoms with Crippen LogP contribution in [-0.2, 0) is 4.79 Å². The average Bonchev–Trinajstić information content (AvgIpc) is 2.90. The molecule has 1 aliphatic heterocycles. The molecular formula is C17H29BrN2O2. The van der Waals surface area contributed by atoms with E-state index in [-0.39, 0.29) is 11.8 Å². The smallest absolute Gasteiger partial charge is 0.225 e. The van der Waals surface area contributed by atoms with Crippen molar-refractivity contribution in [1.82, 2.24) is 10.6 Å². The molecule has 5 heteroatoms. The summed E-state index contributed by atoms with van der Waals surface area (Å²) in [6.07, 6.45) is 8.45. The molecule has 3 rings (SSSR count). The fourth-order valence-electron chi connectivity index (χ4n) is 4.66. The second-order valence-corrected chi connectivity index (χ2v) is 8.68. The van der Waals surface area contributed by atoms with Gasteiger partial charge < -0.3 is 15.7 Å². The number of fused-ring (bicyclic) bond motifs is 1. The molecule has 1 saturated heterocycles. The van der Waals surface area contributed by atoms with Crippen molar-refractivity contribution in [2.75, 3.05) is 13.1 Å². The summed E-state index contributed by atoms with van der Waals surface area (Å²) in [7, 11) is 0. The molecule has 2 aliphatic carbocycles. The van der Waals surface area contributed by atoms with Crippen molar-refractivity contribution in [3.05, 3.63) is 0 Å². The van der Waals surface area contributed by atoms with Crippen LogP contribution in [0.2, 0.25) is 0 Å². The van der Waals surface area contributed by atoms with Crippen molar-refractivity contribution in [3.8, 4) is 0 Å². The van der Waals surface area contributed by atoms with Crippen molar-refractivity contribution < 1.29 is 9.90 Å². The maximum atomic E-state index is 12.3. The maximum Gasteiger partial charge on any atom is 0.225 e. The van der Waals surface area contributed by atoms with Crippen LogP contribution in [0, 0.1) is 17.8 Å². The molecule has 22 heavy (non-hydrogen) atoms. The molecule has 3 aliphatic rings. The Kier molecular flexibility index (Phi) is 5.80. The zero-order valence-corrected chi connectivity index (χ0v) is 14.9. The number of nitrogens with one attached hydrogen (secondary N) is 2. The molecule has 6 atom stereocenters. The quantitative estimate of drug-likeness (QED) is 0.662. The Morgan fingerprint density at radius 3 is 2.86 bits per heavy atom. The van der Waals surface area contributed by atoms with Crippen LogP contribution in [0.25, 0.3) is 0 Å². The van der Waals surface area contributed by atoms with Gasteiger partial charge in [0, 0.05) is 17.4 Å². The first-order chi connectivity index (χ1) is 10.6. The lowest BCUT2D eigenvalue weighted by Crippen LogP contribution is -2.42. The van der Waals surface area contributed by atoms with E-state index < -0.39 is 6.10 Å². The summed E-state index contributed by atoms with van der Waals surface area (Å²) >= 11 is 3.54. The van der Waals surface area contributed by atoms with Crippen LogP contribution in [0.1, 0.15) is 51.4 Å². The second kappa shape index (κ2) is 7.63. The number of amides is 1. The van der Waals surface area contributed by atoms with Crippen molar-refractivity contribution in [2.45, 2.75) is 68.3 Å². The van der Waals surface area contributed by atoms with Gasteiger partial charge in [0.2, 0.25) is 5.91 Å². The highest BCUT2D eigenvalue weighted by molar-refractivity contribution is 9.09. The Morgan fingerprint density at radius 2 is 2.05 bits per heavy atom. The van der Waals surface area contributed by atoms with Crippen LogP contribution in [0.4, 0.5) is 0 Å². The largest absolute Gasteiger partial charge is 0.392 e. The first-order valence-corrected chi connectivity index (χ1v) is 9.90. The van der Waals surface area contributed by atoms with Gasteiger partial charge in [0.1, 0.15) is 0 Å². The number of hydrogen-bond donors (Lipinski definition) is 3. The number of aliphatic hydroxyl groups excluding tert-OH is 1. The van der Waals surface area contributed by atoms with Gasteiger partial charge in [-0.2, -0.15) is 0 Å². The first kappa shape index (κ1) is 16.7. The first-order valence-electron chi connectivity index (χ1n) is 8.98. The molecule has 0 spiro atoms. The van der Waals surface area contributed by atoms with Gasteiger partial charge in [0.25, 0.3) is 0 Å². The summed E-state index contributed by atoms with van der Waals surface area (Å²) in [5, 5.41) is 16.8. The van der Waals surface area contributed by atoms with E-state index in [1.165, 1.54) is 25.7 Å². The van der Waals surface area contributed by atoms with E-state index in [1.807, 2.05) is 0 Å². The van der Waals surface area contributed by atoms with Crippen LogP contribution in [0.15, 0.2) is 0 Å². The van der Waals surface area contributed by atoms with Gasteiger partial charge in [0.05, 0.1) is 12.0 Å². The van der Waals surface area contributed by atoms with Gasteiger partial charge in [0.15, 0.2) is 0 Å². The van der Waals surface area contributed by atoms with E-state index in [1.54, 1.807) is 0 Å². The maximum absolute atomic E-state index is 12.3. The number of halogens is 1. The summed E-state index contributed by atoms with van der Waals surface area (Å²) in [6, 6.07) is 0.727. The van der Waals surface area contributed by atoms with E-state index in [4.69, 9.17) is 0 Å². The molecule has 0 aromatic rings. The van der Waals surface area contributed by atoms with E-state index >= 15 is 0 Å². The second-order valence-electron chi connectivity index (χ2n) is 7.39. The topological polar surface area (TPSA) is 61.4 Å². The Labute approximate surface area is 141 Å². The van der Waals surface area contributed by atoms with Crippen molar-refractivity contribution >= 4 is 21.8 Å². The highest BCUT2D eigenvalue weighted by atomic mass is 79.9. The Bertz CT molecular complexity index is 393. The lowest BCUT2D eigenvalue weighted by Gasteiger charge is -2.30. The monoisotopic (exact) mass is 372 g/mol. The van der Waals surface area contributed by atoms with Crippen molar-refractivity contribution in [2.24, 2.45) is 17.8 Å². The molecule has 1 heterocycles.